The van der Waals surface area contributed by atoms with Crippen LogP contribution in [0.4, 0.5) is 13.2 Å². The van der Waals surface area contributed by atoms with Gasteiger partial charge in [-0.1, -0.05) is 12.1 Å². The summed E-state index contributed by atoms with van der Waals surface area (Å²) in [4.78, 5) is 19.2. The number of aromatic nitrogens is 2. The van der Waals surface area contributed by atoms with E-state index < -0.39 is 23.8 Å². The number of halogens is 3. The van der Waals surface area contributed by atoms with Gasteiger partial charge in [0.1, 0.15) is 5.69 Å². The van der Waals surface area contributed by atoms with Gasteiger partial charge in [-0.25, -0.2) is 4.98 Å². The molecule has 1 unspecified atom stereocenters. The average molecular weight is 311 g/mol. The number of carbonyl (C=O) groups excluding carboxylic acids is 1. The first-order valence-corrected chi connectivity index (χ1v) is 6.27. The third-order valence-corrected chi connectivity index (χ3v) is 2.85. The van der Waals surface area contributed by atoms with Crippen LogP contribution in [0.3, 0.4) is 0 Å². The van der Waals surface area contributed by atoms with E-state index in [0.29, 0.717) is 0 Å². The van der Waals surface area contributed by atoms with Crippen molar-refractivity contribution in [2.45, 2.75) is 12.3 Å². The molecule has 0 aliphatic rings. The third-order valence-electron chi connectivity index (χ3n) is 2.85. The SMILES string of the molecule is O=C(NCC(O)c1cccc(C(F)(F)F)c1)c1cnccn1. The van der Waals surface area contributed by atoms with Gasteiger partial charge in [0.15, 0.2) is 0 Å². The molecule has 0 aliphatic heterocycles. The van der Waals surface area contributed by atoms with Gasteiger partial charge in [0.25, 0.3) is 5.91 Å². The lowest BCUT2D eigenvalue weighted by Gasteiger charge is -2.14. The molecule has 2 aromatic rings. The number of aliphatic hydroxyl groups is 1. The Morgan fingerprint density at radius 1 is 1.32 bits per heavy atom. The van der Waals surface area contributed by atoms with E-state index in [9.17, 15) is 23.1 Å². The third kappa shape index (κ3) is 4.01. The van der Waals surface area contributed by atoms with Crippen molar-refractivity contribution in [1.82, 2.24) is 15.3 Å². The van der Waals surface area contributed by atoms with Crippen molar-refractivity contribution >= 4 is 5.91 Å². The van der Waals surface area contributed by atoms with Gasteiger partial charge in [0, 0.05) is 18.9 Å². The Bertz CT molecular complexity index is 647. The fraction of sp³-hybridized carbons (Fsp3) is 0.214. The van der Waals surface area contributed by atoms with Crippen molar-refractivity contribution in [3.8, 4) is 0 Å². The molecule has 116 valence electrons. The lowest BCUT2D eigenvalue weighted by molar-refractivity contribution is -0.137. The van der Waals surface area contributed by atoms with E-state index in [1.165, 1.54) is 30.7 Å². The monoisotopic (exact) mass is 311 g/mol. The topological polar surface area (TPSA) is 75.1 Å². The van der Waals surface area contributed by atoms with E-state index in [0.717, 1.165) is 12.1 Å². The maximum absolute atomic E-state index is 12.6. The minimum absolute atomic E-state index is 0.0544. The van der Waals surface area contributed by atoms with E-state index in [2.05, 4.69) is 15.3 Å². The van der Waals surface area contributed by atoms with E-state index in [4.69, 9.17) is 0 Å². The average Bonchev–Trinajstić information content (AvgIpc) is 2.52. The highest BCUT2D eigenvalue weighted by Crippen LogP contribution is 2.30. The van der Waals surface area contributed by atoms with E-state index in [1.54, 1.807) is 0 Å². The Kier molecular flexibility index (Phi) is 4.71. The van der Waals surface area contributed by atoms with E-state index >= 15 is 0 Å². The second-order valence-electron chi connectivity index (χ2n) is 4.44. The number of carbonyl (C=O) groups is 1. The van der Waals surface area contributed by atoms with Gasteiger partial charge in [0.2, 0.25) is 0 Å². The van der Waals surface area contributed by atoms with Crippen molar-refractivity contribution in [3.63, 3.8) is 0 Å². The number of aliphatic hydroxyl groups excluding tert-OH is 1. The minimum atomic E-state index is -4.49. The zero-order valence-corrected chi connectivity index (χ0v) is 11.2. The second-order valence-corrected chi connectivity index (χ2v) is 4.44. The molecule has 1 heterocycles. The molecule has 2 rings (SSSR count). The fourth-order valence-electron chi connectivity index (χ4n) is 1.74. The smallest absolute Gasteiger partial charge is 0.387 e. The summed E-state index contributed by atoms with van der Waals surface area (Å²) in [5.74, 6) is -0.570. The van der Waals surface area contributed by atoms with Crippen LogP contribution in [0.2, 0.25) is 0 Å². The Morgan fingerprint density at radius 3 is 2.73 bits per heavy atom. The summed E-state index contributed by atoms with van der Waals surface area (Å²) >= 11 is 0. The largest absolute Gasteiger partial charge is 0.416 e. The molecule has 0 fully saturated rings. The molecule has 0 saturated heterocycles. The molecule has 0 bridgehead atoms. The number of nitrogens with one attached hydrogen (secondary N) is 1. The van der Waals surface area contributed by atoms with Gasteiger partial charge in [-0.2, -0.15) is 13.2 Å². The maximum Gasteiger partial charge on any atom is 0.416 e. The summed E-state index contributed by atoms with van der Waals surface area (Å²) in [7, 11) is 0. The van der Waals surface area contributed by atoms with Gasteiger partial charge in [-0.3, -0.25) is 9.78 Å². The van der Waals surface area contributed by atoms with Gasteiger partial charge < -0.3 is 10.4 Å². The molecule has 0 spiro atoms. The Labute approximate surface area is 123 Å². The Morgan fingerprint density at radius 2 is 2.09 bits per heavy atom. The molecule has 0 radical (unpaired) electrons. The van der Waals surface area contributed by atoms with Crippen molar-refractivity contribution in [1.29, 1.82) is 0 Å². The van der Waals surface area contributed by atoms with Crippen molar-refractivity contribution in [2.75, 3.05) is 6.54 Å². The summed E-state index contributed by atoms with van der Waals surface area (Å²) in [5.41, 5.74) is -0.739. The molecule has 1 atom stereocenters. The molecule has 22 heavy (non-hydrogen) atoms. The van der Waals surface area contributed by atoms with Crippen molar-refractivity contribution < 1.29 is 23.1 Å². The number of benzene rings is 1. The molecule has 2 N–H and O–H groups in total. The van der Waals surface area contributed by atoms with Crippen LogP contribution in [0.15, 0.2) is 42.9 Å². The second kappa shape index (κ2) is 6.52. The van der Waals surface area contributed by atoms with E-state index in [-0.39, 0.29) is 17.8 Å². The van der Waals surface area contributed by atoms with Gasteiger partial charge >= 0.3 is 6.18 Å². The van der Waals surface area contributed by atoms with Gasteiger partial charge in [0.05, 0.1) is 17.9 Å². The number of alkyl halides is 3. The van der Waals surface area contributed by atoms with Crippen LogP contribution < -0.4 is 5.32 Å². The number of hydrogen-bond donors (Lipinski definition) is 2. The van der Waals surface area contributed by atoms with Crippen LogP contribution >= 0.6 is 0 Å². The molecule has 5 nitrogen and oxygen atoms in total. The first-order valence-electron chi connectivity index (χ1n) is 6.27. The molecular weight excluding hydrogens is 299 g/mol. The summed E-state index contributed by atoms with van der Waals surface area (Å²) in [6.45, 7) is -0.239. The number of hydrogen-bond acceptors (Lipinski definition) is 4. The van der Waals surface area contributed by atoms with E-state index in [1.807, 2.05) is 0 Å². The first kappa shape index (κ1) is 15.9. The summed E-state index contributed by atoms with van der Waals surface area (Å²) in [6.07, 6.45) is -1.78. The Balaban J connectivity index is 2.01. The van der Waals surface area contributed by atoms with Crippen LogP contribution in [0.1, 0.15) is 27.7 Å². The summed E-state index contributed by atoms with van der Waals surface area (Å²) < 4.78 is 37.8. The minimum Gasteiger partial charge on any atom is -0.387 e. The van der Waals surface area contributed by atoms with Gasteiger partial charge in [-0.15, -0.1) is 0 Å². The lowest BCUT2D eigenvalue weighted by Crippen LogP contribution is -2.29. The zero-order chi connectivity index (χ0) is 16.2. The molecule has 0 saturated carbocycles. The highest BCUT2D eigenvalue weighted by atomic mass is 19.4. The standard InChI is InChI=1S/C14H12F3N3O2/c15-14(16,17)10-3-1-2-9(6-10)12(21)8-20-13(22)11-7-18-4-5-19-11/h1-7,12,21H,8H2,(H,20,22). The fourth-order valence-corrected chi connectivity index (χ4v) is 1.74. The molecule has 1 aromatic heterocycles. The maximum atomic E-state index is 12.6. The zero-order valence-electron chi connectivity index (χ0n) is 11.2. The lowest BCUT2D eigenvalue weighted by atomic mass is 10.1. The van der Waals surface area contributed by atoms with Crippen LogP contribution in [0.25, 0.3) is 0 Å². The van der Waals surface area contributed by atoms with Crippen LogP contribution in [0, 0.1) is 0 Å². The van der Waals surface area contributed by atoms with Gasteiger partial charge in [-0.05, 0) is 17.7 Å². The highest BCUT2D eigenvalue weighted by Gasteiger charge is 2.30. The van der Waals surface area contributed by atoms with Crippen LogP contribution in [-0.4, -0.2) is 27.5 Å². The molecule has 0 aliphatic carbocycles. The summed E-state index contributed by atoms with van der Waals surface area (Å²) in [5, 5.41) is 12.3. The predicted molar refractivity (Wildman–Crippen MR) is 70.8 cm³/mol. The normalized spacial score (nSPS) is 12.7. The van der Waals surface area contributed by atoms with Crippen LogP contribution in [-0.2, 0) is 6.18 Å². The molecule has 1 amide bonds. The van der Waals surface area contributed by atoms with Crippen molar-refractivity contribution in [3.05, 3.63) is 59.7 Å². The van der Waals surface area contributed by atoms with Crippen molar-refractivity contribution in [2.24, 2.45) is 0 Å². The number of nitrogens with zero attached hydrogens (tertiary/aromatic N) is 2. The van der Waals surface area contributed by atoms with Crippen LogP contribution in [0.5, 0.6) is 0 Å². The quantitative estimate of drug-likeness (QED) is 0.905. The first-order chi connectivity index (χ1) is 10.4. The molecular formula is C14H12F3N3O2. The Hall–Kier alpha value is -2.48. The number of rotatable bonds is 4. The predicted octanol–water partition coefficient (Wildman–Crippen LogP) is 1.96. The molecule has 1 aromatic carbocycles. The molecule has 8 heteroatoms. The number of amides is 1. The summed E-state index contributed by atoms with van der Waals surface area (Å²) in [6, 6.07) is 4.31. The highest BCUT2D eigenvalue weighted by molar-refractivity contribution is 5.91.